The van der Waals surface area contributed by atoms with E-state index in [1.165, 1.54) is 6.07 Å². The molecular formula is C9H8F3NO2. The lowest BCUT2D eigenvalue weighted by atomic mass is 10.0. The summed E-state index contributed by atoms with van der Waals surface area (Å²) in [5.74, 6) is -1.78. The van der Waals surface area contributed by atoms with Crippen LogP contribution in [0.3, 0.4) is 0 Å². The smallest absolute Gasteiger partial charge is 0.420 e. The molecular weight excluding hydrogens is 211 g/mol. The predicted octanol–water partition coefficient (Wildman–Crippen LogP) is 1.44. The standard InChI is InChI=1S/C9H8F3NO2/c10-9(11,12)8-5(4-7(13)15)2-1-3-6(8)14/h1-3,14H,4H2,(H2,13,15). The van der Waals surface area contributed by atoms with Gasteiger partial charge < -0.3 is 10.8 Å². The van der Waals surface area contributed by atoms with Gasteiger partial charge in [-0.2, -0.15) is 13.2 Å². The number of halogens is 3. The topological polar surface area (TPSA) is 63.3 Å². The lowest BCUT2D eigenvalue weighted by Crippen LogP contribution is -2.17. The van der Waals surface area contributed by atoms with Crippen LogP contribution in [-0.2, 0) is 17.4 Å². The highest BCUT2D eigenvalue weighted by Gasteiger charge is 2.36. The zero-order valence-electron chi connectivity index (χ0n) is 7.51. The first kappa shape index (κ1) is 11.4. The molecule has 0 aliphatic heterocycles. The van der Waals surface area contributed by atoms with Crippen molar-refractivity contribution in [1.82, 2.24) is 0 Å². The number of alkyl halides is 3. The molecule has 82 valence electrons. The fraction of sp³-hybridized carbons (Fsp3) is 0.222. The van der Waals surface area contributed by atoms with Crippen molar-refractivity contribution in [2.75, 3.05) is 0 Å². The van der Waals surface area contributed by atoms with Gasteiger partial charge >= 0.3 is 6.18 Å². The van der Waals surface area contributed by atoms with Gasteiger partial charge in [0.2, 0.25) is 5.91 Å². The van der Waals surface area contributed by atoms with Gasteiger partial charge in [-0.1, -0.05) is 12.1 Å². The maximum atomic E-state index is 12.4. The summed E-state index contributed by atoms with van der Waals surface area (Å²) >= 11 is 0. The van der Waals surface area contributed by atoms with E-state index in [2.05, 4.69) is 0 Å². The number of rotatable bonds is 2. The van der Waals surface area contributed by atoms with Crippen LogP contribution in [-0.4, -0.2) is 11.0 Å². The number of hydrogen-bond donors (Lipinski definition) is 2. The van der Waals surface area contributed by atoms with Gasteiger partial charge in [-0.15, -0.1) is 0 Å². The molecule has 1 amide bonds. The number of amides is 1. The van der Waals surface area contributed by atoms with Crippen LogP contribution in [0, 0.1) is 0 Å². The maximum Gasteiger partial charge on any atom is 0.420 e. The molecule has 0 saturated heterocycles. The van der Waals surface area contributed by atoms with Crippen molar-refractivity contribution in [2.24, 2.45) is 5.73 Å². The second-order valence-corrected chi connectivity index (χ2v) is 2.95. The van der Waals surface area contributed by atoms with Crippen molar-refractivity contribution in [3.05, 3.63) is 29.3 Å². The lowest BCUT2D eigenvalue weighted by Gasteiger charge is -2.13. The lowest BCUT2D eigenvalue weighted by molar-refractivity contribution is -0.139. The molecule has 0 heterocycles. The Morgan fingerprint density at radius 2 is 2.00 bits per heavy atom. The first-order valence-electron chi connectivity index (χ1n) is 3.98. The summed E-state index contributed by atoms with van der Waals surface area (Å²) in [5, 5.41) is 9.07. The van der Waals surface area contributed by atoms with Crippen LogP contribution in [0.15, 0.2) is 18.2 Å². The van der Waals surface area contributed by atoms with Gasteiger partial charge in [-0.25, -0.2) is 0 Å². The zero-order valence-corrected chi connectivity index (χ0v) is 7.51. The highest BCUT2D eigenvalue weighted by atomic mass is 19.4. The SMILES string of the molecule is NC(=O)Cc1cccc(O)c1C(F)(F)F. The van der Waals surface area contributed by atoms with E-state index in [-0.39, 0.29) is 5.56 Å². The summed E-state index contributed by atoms with van der Waals surface area (Å²) in [6.07, 6.45) is -5.25. The van der Waals surface area contributed by atoms with Gasteiger partial charge in [-0.05, 0) is 11.6 Å². The highest BCUT2D eigenvalue weighted by molar-refractivity contribution is 5.77. The number of aromatic hydroxyl groups is 1. The molecule has 3 N–H and O–H groups in total. The Labute approximate surface area is 83.3 Å². The van der Waals surface area contributed by atoms with Crippen molar-refractivity contribution in [2.45, 2.75) is 12.6 Å². The van der Waals surface area contributed by atoms with Gasteiger partial charge in [0.15, 0.2) is 0 Å². The van der Waals surface area contributed by atoms with Crippen LogP contribution in [0.5, 0.6) is 5.75 Å². The number of phenols is 1. The molecule has 0 spiro atoms. The van der Waals surface area contributed by atoms with E-state index in [0.29, 0.717) is 0 Å². The predicted molar refractivity (Wildman–Crippen MR) is 46.0 cm³/mol. The zero-order chi connectivity index (χ0) is 11.6. The van der Waals surface area contributed by atoms with E-state index >= 15 is 0 Å². The molecule has 0 aliphatic carbocycles. The molecule has 0 unspecified atom stereocenters. The summed E-state index contributed by atoms with van der Waals surface area (Å²) in [5.41, 5.74) is 3.27. The van der Waals surface area contributed by atoms with Crippen molar-refractivity contribution in [1.29, 1.82) is 0 Å². The van der Waals surface area contributed by atoms with Crippen molar-refractivity contribution >= 4 is 5.91 Å². The number of hydrogen-bond acceptors (Lipinski definition) is 2. The van der Waals surface area contributed by atoms with Crippen molar-refractivity contribution in [3.63, 3.8) is 0 Å². The molecule has 15 heavy (non-hydrogen) atoms. The average molecular weight is 219 g/mol. The molecule has 1 rings (SSSR count). The van der Waals surface area contributed by atoms with Gasteiger partial charge in [-0.3, -0.25) is 4.79 Å². The average Bonchev–Trinajstić information content (AvgIpc) is 1.99. The Balaban J connectivity index is 3.27. The third-order valence-electron chi connectivity index (χ3n) is 1.78. The Bertz CT molecular complexity index is 387. The first-order chi connectivity index (χ1) is 6.82. The van der Waals surface area contributed by atoms with Crippen LogP contribution in [0.4, 0.5) is 13.2 Å². The normalized spacial score (nSPS) is 11.4. The van der Waals surface area contributed by atoms with E-state index in [4.69, 9.17) is 10.8 Å². The largest absolute Gasteiger partial charge is 0.507 e. The third-order valence-corrected chi connectivity index (χ3v) is 1.78. The highest BCUT2D eigenvalue weighted by Crippen LogP contribution is 2.38. The van der Waals surface area contributed by atoms with Gasteiger partial charge in [0.1, 0.15) is 11.3 Å². The van der Waals surface area contributed by atoms with Crippen LogP contribution in [0.1, 0.15) is 11.1 Å². The molecule has 0 aliphatic rings. The number of carbonyl (C=O) groups excluding carboxylic acids is 1. The maximum absolute atomic E-state index is 12.4. The molecule has 1 aromatic rings. The number of phenolic OH excluding ortho intramolecular Hbond substituents is 1. The van der Waals surface area contributed by atoms with E-state index in [1.54, 1.807) is 0 Å². The Morgan fingerprint density at radius 3 is 2.47 bits per heavy atom. The third kappa shape index (κ3) is 2.61. The number of primary amides is 1. The Kier molecular flexibility index (Phi) is 2.88. The molecule has 6 heteroatoms. The number of benzene rings is 1. The summed E-state index contributed by atoms with van der Waals surface area (Å²) in [7, 11) is 0. The van der Waals surface area contributed by atoms with E-state index in [9.17, 15) is 18.0 Å². The van der Waals surface area contributed by atoms with Gasteiger partial charge in [0, 0.05) is 0 Å². The molecule has 3 nitrogen and oxygen atoms in total. The van der Waals surface area contributed by atoms with Crippen LogP contribution >= 0.6 is 0 Å². The fourth-order valence-corrected chi connectivity index (χ4v) is 1.25. The Morgan fingerprint density at radius 1 is 1.40 bits per heavy atom. The van der Waals surface area contributed by atoms with Crippen molar-refractivity contribution in [3.8, 4) is 5.75 Å². The molecule has 0 radical (unpaired) electrons. The van der Waals surface area contributed by atoms with Crippen LogP contribution in [0.2, 0.25) is 0 Å². The summed E-state index contributed by atoms with van der Waals surface area (Å²) < 4.78 is 37.3. The molecule has 0 fully saturated rings. The Hall–Kier alpha value is -1.72. The fourth-order valence-electron chi connectivity index (χ4n) is 1.25. The molecule has 1 aromatic carbocycles. The summed E-state index contributed by atoms with van der Waals surface area (Å²) in [6.45, 7) is 0. The summed E-state index contributed by atoms with van der Waals surface area (Å²) in [4.78, 5) is 10.5. The van der Waals surface area contributed by atoms with Crippen LogP contribution in [0.25, 0.3) is 0 Å². The monoisotopic (exact) mass is 219 g/mol. The molecule has 0 saturated carbocycles. The van der Waals surface area contributed by atoms with E-state index in [0.717, 1.165) is 12.1 Å². The quantitative estimate of drug-likeness (QED) is 0.790. The molecule has 0 aromatic heterocycles. The molecule has 0 atom stereocenters. The second-order valence-electron chi connectivity index (χ2n) is 2.95. The number of carbonyl (C=O) groups is 1. The number of nitrogens with two attached hydrogens (primary N) is 1. The van der Waals surface area contributed by atoms with E-state index < -0.39 is 29.8 Å². The summed E-state index contributed by atoms with van der Waals surface area (Å²) in [6, 6.07) is 3.24. The van der Waals surface area contributed by atoms with E-state index in [1.807, 2.05) is 0 Å². The second kappa shape index (κ2) is 3.80. The van der Waals surface area contributed by atoms with Gasteiger partial charge in [0.25, 0.3) is 0 Å². The van der Waals surface area contributed by atoms with Crippen LogP contribution < -0.4 is 5.73 Å². The minimum absolute atomic E-state index is 0.324. The first-order valence-corrected chi connectivity index (χ1v) is 3.98. The van der Waals surface area contributed by atoms with Crippen molar-refractivity contribution < 1.29 is 23.1 Å². The van der Waals surface area contributed by atoms with Gasteiger partial charge in [0.05, 0.1) is 6.42 Å². The molecule has 0 bridgehead atoms. The minimum atomic E-state index is -4.70. The minimum Gasteiger partial charge on any atom is -0.507 e.